The third-order valence-corrected chi connectivity index (χ3v) is 9.01. The fourth-order valence-corrected chi connectivity index (χ4v) is 8.09. The molecule has 4 bridgehead atoms. The zero-order valence-corrected chi connectivity index (χ0v) is 18.5. The van der Waals surface area contributed by atoms with Crippen LogP contribution in [0.1, 0.15) is 73.7 Å². The molecule has 1 aromatic carbocycles. The summed E-state index contributed by atoms with van der Waals surface area (Å²) in [7, 11) is 0. The second-order valence-corrected chi connectivity index (χ2v) is 11.4. The minimum absolute atomic E-state index is 0.0809. The number of likely N-dealkylation sites (tertiary alicyclic amines) is 1. The fraction of sp³-hybridized carbons (Fsp3) is 0.680. The normalized spacial score (nSPS) is 36.0. The molecule has 30 heavy (non-hydrogen) atoms. The van der Waals surface area contributed by atoms with Crippen LogP contribution in [-0.2, 0) is 4.79 Å². The van der Waals surface area contributed by atoms with Crippen LogP contribution in [0.2, 0.25) is 5.02 Å². The van der Waals surface area contributed by atoms with Gasteiger partial charge in [-0.3, -0.25) is 9.59 Å². The maximum atomic E-state index is 13.7. The van der Waals surface area contributed by atoms with E-state index in [4.69, 9.17) is 16.3 Å². The molecule has 1 spiro atoms. The molecule has 0 aromatic heterocycles. The largest absolute Gasteiger partial charge is 0.486 e. The average molecular weight is 428 g/mol. The van der Waals surface area contributed by atoms with Gasteiger partial charge in [0.25, 0.3) is 0 Å². The molecule has 1 saturated heterocycles. The van der Waals surface area contributed by atoms with Crippen molar-refractivity contribution in [1.82, 2.24) is 4.90 Å². The Kier molecular flexibility index (Phi) is 4.14. The van der Waals surface area contributed by atoms with Gasteiger partial charge in [-0.1, -0.05) is 11.6 Å². The number of aryl methyl sites for hydroxylation is 1. The summed E-state index contributed by atoms with van der Waals surface area (Å²) in [5.74, 6) is 3.55. The van der Waals surface area contributed by atoms with Crippen molar-refractivity contribution in [3.63, 3.8) is 0 Å². The Labute approximate surface area is 183 Å². The highest BCUT2D eigenvalue weighted by Gasteiger charge is 2.56. The van der Waals surface area contributed by atoms with Crippen LogP contribution in [0.4, 0.5) is 0 Å². The first-order chi connectivity index (χ1) is 14.3. The van der Waals surface area contributed by atoms with Crippen LogP contribution in [0.3, 0.4) is 0 Å². The second-order valence-electron chi connectivity index (χ2n) is 11.0. The summed E-state index contributed by atoms with van der Waals surface area (Å²) < 4.78 is 6.48. The quantitative estimate of drug-likeness (QED) is 0.619. The number of piperidine rings is 1. The Hall–Kier alpha value is -1.55. The molecule has 1 amide bonds. The smallest absolute Gasteiger partial charge is 0.228 e. The molecule has 6 aliphatic rings. The van der Waals surface area contributed by atoms with Crippen LogP contribution < -0.4 is 4.74 Å². The first kappa shape index (κ1) is 19.2. The molecule has 2 aliphatic heterocycles. The Morgan fingerprint density at radius 2 is 1.67 bits per heavy atom. The van der Waals surface area contributed by atoms with Crippen LogP contribution in [-0.4, -0.2) is 35.3 Å². The van der Waals surface area contributed by atoms with Gasteiger partial charge in [0.1, 0.15) is 11.4 Å². The van der Waals surface area contributed by atoms with Crippen LogP contribution in [0.5, 0.6) is 5.75 Å². The number of rotatable bonds is 1. The average Bonchev–Trinajstić information content (AvgIpc) is 2.68. The molecular formula is C25H30ClNO3. The number of hydrogen-bond acceptors (Lipinski definition) is 3. The van der Waals surface area contributed by atoms with Crippen molar-refractivity contribution in [2.75, 3.05) is 13.1 Å². The maximum absolute atomic E-state index is 13.7. The maximum Gasteiger partial charge on any atom is 0.228 e. The Morgan fingerprint density at radius 3 is 2.27 bits per heavy atom. The van der Waals surface area contributed by atoms with Crippen LogP contribution in [0.25, 0.3) is 0 Å². The summed E-state index contributed by atoms with van der Waals surface area (Å²) in [5.41, 5.74) is 0.971. The molecule has 4 nitrogen and oxygen atoms in total. The molecule has 0 radical (unpaired) electrons. The summed E-state index contributed by atoms with van der Waals surface area (Å²) in [6.07, 6.45) is 9.26. The van der Waals surface area contributed by atoms with E-state index in [0.717, 1.165) is 55.4 Å². The molecule has 5 fully saturated rings. The third kappa shape index (κ3) is 2.86. The summed E-state index contributed by atoms with van der Waals surface area (Å²) in [5, 5.41) is 0.579. The first-order valence-electron chi connectivity index (χ1n) is 11.7. The highest BCUT2D eigenvalue weighted by molar-refractivity contribution is 6.31. The number of fused-ring (bicyclic) bond motifs is 1. The SMILES string of the molecule is Cc1cc(Cl)cc2c1OC1(CCN(C(=O)C34CC5CC(CC(C5)C3)C4)CC1)CC2=O. The lowest BCUT2D eigenvalue weighted by Crippen LogP contribution is -2.58. The fourth-order valence-electron chi connectivity index (χ4n) is 7.82. The van der Waals surface area contributed by atoms with Crippen LogP contribution in [0, 0.1) is 30.1 Å². The Bertz CT molecular complexity index is 895. The number of ketones is 1. The van der Waals surface area contributed by atoms with Gasteiger partial charge in [0.15, 0.2) is 5.78 Å². The predicted octanol–water partition coefficient (Wildman–Crippen LogP) is 5.19. The zero-order valence-electron chi connectivity index (χ0n) is 17.7. The molecular weight excluding hydrogens is 398 g/mol. The van der Waals surface area contributed by atoms with E-state index in [1.807, 2.05) is 13.0 Å². The van der Waals surface area contributed by atoms with Crippen molar-refractivity contribution in [2.45, 2.75) is 70.3 Å². The topological polar surface area (TPSA) is 46.6 Å². The minimum Gasteiger partial charge on any atom is -0.486 e. The Morgan fingerprint density at radius 1 is 1.07 bits per heavy atom. The lowest BCUT2D eigenvalue weighted by atomic mass is 9.49. The van der Waals surface area contributed by atoms with Gasteiger partial charge in [-0.2, -0.15) is 0 Å². The summed E-state index contributed by atoms with van der Waals surface area (Å²) in [4.78, 5) is 28.7. The van der Waals surface area contributed by atoms with Gasteiger partial charge < -0.3 is 9.64 Å². The predicted molar refractivity (Wildman–Crippen MR) is 115 cm³/mol. The van der Waals surface area contributed by atoms with E-state index in [0.29, 0.717) is 41.8 Å². The van der Waals surface area contributed by atoms with E-state index in [1.54, 1.807) is 6.07 Å². The number of nitrogens with zero attached hydrogens (tertiary/aromatic N) is 1. The molecule has 160 valence electrons. The van der Waals surface area contributed by atoms with E-state index in [1.165, 1.54) is 19.3 Å². The Balaban J connectivity index is 1.19. The summed E-state index contributed by atoms with van der Waals surface area (Å²) in [6.45, 7) is 3.36. The summed E-state index contributed by atoms with van der Waals surface area (Å²) >= 11 is 6.16. The van der Waals surface area contributed by atoms with Crippen molar-refractivity contribution in [3.8, 4) is 5.75 Å². The number of halogens is 1. The van der Waals surface area contributed by atoms with Crippen molar-refractivity contribution >= 4 is 23.3 Å². The van der Waals surface area contributed by atoms with Gasteiger partial charge in [0.05, 0.1) is 17.4 Å². The molecule has 5 heteroatoms. The molecule has 2 heterocycles. The van der Waals surface area contributed by atoms with Crippen molar-refractivity contribution in [2.24, 2.45) is 23.2 Å². The van der Waals surface area contributed by atoms with E-state index < -0.39 is 5.60 Å². The van der Waals surface area contributed by atoms with Gasteiger partial charge in [0.2, 0.25) is 5.91 Å². The lowest BCUT2D eigenvalue weighted by molar-refractivity contribution is -0.161. The molecule has 0 atom stereocenters. The third-order valence-electron chi connectivity index (χ3n) is 8.79. The van der Waals surface area contributed by atoms with Gasteiger partial charge in [0, 0.05) is 31.0 Å². The lowest BCUT2D eigenvalue weighted by Gasteiger charge is -2.57. The molecule has 4 saturated carbocycles. The number of ether oxygens (including phenoxy) is 1. The molecule has 0 N–H and O–H groups in total. The van der Waals surface area contributed by atoms with Crippen LogP contribution in [0.15, 0.2) is 12.1 Å². The van der Waals surface area contributed by atoms with E-state index in [9.17, 15) is 9.59 Å². The number of carbonyl (C=O) groups is 2. The minimum atomic E-state index is -0.471. The number of amides is 1. The van der Waals surface area contributed by atoms with Gasteiger partial charge in [-0.25, -0.2) is 0 Å². The number of Topliss-reactive ketones (excluding diaryl/α,β-unsaturated/α-hetero) is 1. The second kappa shape index (κ2) is 6.48. The van der Waals surface area contributed by atoms with E-state index in [-0.39, 0.29) is 11.2 Å². The molecule has 0 unspecified atom stereocenters. The van der Waals surface area contributed by atoms with E-state index >= 15 is 0 Å². The number of hydrogen-bond donors (Lipinski definition) is 0. The van der Waals surface area contributed by atoms with Crippen molar-refractivity contribution < 1.29 is 14.3 Å². The molecule has 4 aliphatic carbocycles. The van der Waals surface area contributed by atoms with Crippen LogP contribution >= 0.6 is 11.6 Å². The van der Waals surface area contributed by atoms with Gasteiger partial charge in [-0.15, -0.1) is 0 Å². The van der Waals surface area contributed by atoms with Crippen molar-refractivity contribution in [1.29, 1.82) is 0 Å². The first-order valence-corrected chi connectivity index (χ1v) is 12.0. The molecule has 7 rings (SSSR count). The monoisotopic (exact) mass is 427 g/mol. The summed E-state index contributed by atoms with van der Waals surface area (Å²) in [6, 6.07) is 3.59. The number of carbonyl (C=O) groups excluding carboxylic acids is 2. The highest BCUT2D eigenvalue weighted by Crippen LogP contribution is 2.60. The van der Waals surface area contributed by atoms with Gasteiger partial charge >= 0.3 is 0 Å². The van der Waals surface area contributed by atoms with E-state index in [2.05, 4.69) is 4.90 Å². The zero-order chi connectivity index (χ0) is 20.7. The van der Waals surface area contributed by atoms with Crippen molar-refractivity contribution in [3.05, 3.63) is 28.3 Å². The molecule has 1 aromatic rings. The van der Waals surface area contributed by atoms with Gasteiger partial charge in [-0.05, 0) is 80.9 Å². The highest BCUT2D eigenvalue weighted by atomic mass is 35.5. The number of benzene rings is 1. The standard InChI is InChI=1S/C25H30ClNO3/c1-15-6-19(26)10-20-21(28)14-25(30-22(15)20)2-4-27(5-3-25)23(29)24-11-16-7-17(12-24)9-18(8-16)13-24/h6,10,16-18H,2-5,7-9,11-14H2,1H3.